The van der Waals surface area contributed by atoms with Crippen molar-refractivity contribution in [1.29, 1.82) is 0 Å². The normalized spacial score (nSPS) is 42.6. The highest BCUT2D eigenvalue weighted by Crippen LogP contribution is 2.38. The number of ether oxygens (including phenoxy) is 1. The lowest BCUT2D eigenvalue weighted by atomic mass is 9.78. The summed E-state index contributed by atoms with van der Waals surface area (Å²) in [7, 11) is 0. The van der Waals surface area contributed by atoms with E-state index in [-0.39, 0.29) is 0 Å². The molecule has 1 spiro atoms. The number of nitrogens with zero attached hydrogens (tertiary/aromatic N) is 1. The first-order valence-corrected chi connectivity index (χ1v) is 8.27. The molecule has 0 aromatic carbocycles. The maximum atomic E-state index is 5.40. The Morgan fingerprint density at radius 2 is 2.22 bits per heavy atom. The van der Waals surface area contributed by atoms with Gasteiger partial charge >= 0.3 is 0 Å². The Labute approximate surface area is 114 Å². The summed E-state index contributed by atoms with van der Waals surface area (Å²) >= 11 is 1.93. The molecule has 0 radical (unpaired) electrons. The largest absolute Gasteiger partial charge is 0.381 e. The van der Waals surface area contributed by atoms with Crippen molar-refractivity contribution < 1.29 is 4.74 Å². The van der Waals surface area contributed by atoms with Crippen molar-refractivity contribution in [3.8, 4) is 0 Å². The zero-order valence-electron chi connectivity index (χ0n) is 11.3. The van der Waals surface area contributed by atoms with Crippen molar-refractivity contribution in [2.24, 2.45) is 16.8 Å². The molecule has 0 aromatic rings. The average molecular weight is 268 g/mol. The van der Waals surface area contributed by atoms with Gasteiger partial charge in [-0.25, -0.2) is 0 Å². The average Bonchev–Trinajstić information content (AvgIpc) is 3.02. The summed E-state index contributed by atoms with van der Waals surface area (Å²) in [5.74, 6) is 2.79. The van der Waals surface area contributed by atoms with E-state index in [1.54, 1.807) is 0 Å². The minimum atomic E-state index is 0.377. The van der Waals surface area contributed by atoms with Gasteiger partial charge in [-0.05, 0) is 38.0 Å². The fourth-order valence-corrected chi connectivity index (χ4v) is 4.34. The summed E-state index contributed by atoms with van der Waals surface area (Å²) in [6.07, 6.45) is 6.58. The van der Waals surface area contributed by atoms with E-state index in [4.69, 9.17) is 9.73 Å². The van der Waals surface area contributed by atoms with Gasteiger partial charge in [0.05, 0.1) is 6.61 Å². The van der Waals surface area contributed by atoms with Gasteiger partial charge in [-0.15, -0.1) is 0 Å². The first-order valence-electron chi connectivity index (χ1n) is 7.29. The predicted molar refractivity (Wildman–Crippen MR) is 77.2 cm³/mol. The van der Waals surface area contributed by atoms with Crippen molar-refractivity contribution >= 4 is 16.9 Å². The van der Waals surface area contributed by atoms with Crippen LogP contribution in [-0.2, 0) is 4.74 Å². The summed E-state index contributed by atoms with van der Waals surface area (Å²) in [5.41, 5.74) is 0.377. The molecule has 3 nitrogen and oxygen atoms in total. The van der Waals surface area contributed by atoms with Gasteiger partial charge in [-0.1, -0.05) is 18.7 Å². The molecule has 0 bridgehead atoms. The van der Waals surface area contributed by atoms with E-state index in [1.165, 1.54) is 43.0 Å². The summed E-state index contributed by atoms with van der Waals surface area (Å²) in [6, 6.07) is 0. The molecule has 3 fully saturated rings. The summed E-state index contributed by atoms with van der Waals surface area (Å²) in [5, 5.41) is 4.91. The van der Waals surface area contributed by atoms with Crippen LogP contribution in [0.3, 0.4) is 0 Å². The van der Waals surface area contributed by atoms with Crippen molar-refractivity contribution in [2.75, 3.05) is 25.5 Å². The van der Waals surface area contributed by atoms with Crippen LogP contribution in [0.1, 0.15) is 39.0 Å². The number of rotatable bonds is 2. The van der Waals surface area contributed by atoms with Gasteiger partial charge in [0.25, 0.3) is 0 Å². The van der Waals surface area contributed by atoms with Gasteiger partial charge in [-0.2, -0.15) is 0 Å². The zero-order valence-corrected chi connectivity index (χ0v) is 12.1. The van der Waals surface area contributed by atoms with Gasteiger partial charge in [0, 0.05) is 30.4 Å². The lowest BCUT2D eigenvalue weighted by Gasteiger charge is -2.35. The van der Waals surface area contributed by atoms with Crippen LogP contribution in [0.5, 0.6) is 0 Å². The zero-order chi connectivity index (χ0) is 12.4. The Morgan fingerprint density at radius 3 is 2.94 bits per heavy atom. The van der Waals surface area contributed by atoms with Gasteiger partial charge in [0.2, 0.25) is 0 Å². The highest BCUT2D eigenvalue weighted by atomic mass is 32.2. The molecule has 2 heterocycles. The van der Waals surface area contributed by atoms with Crippen LogP contribution in [0.2, 0.25) is 0 Å². The van der Waals surface area contributed by atoms with E-state index in [2.05, 4.69) is 12.2 Å². The Morgan fingerprint density at radius 1 is 1.39 bits per heavy atom. The highest BCUT2D eigenvalue weighted by molar-refractivity contribution is 8.14. The number of amidine groups is 1. The predicted octanol–water partition coefficient (Wildman–Crippen LogP) is 2.66. The number of thioether (sulfide) groups is 1. The molecule has 1 N–H and O–H groups in total. The lowest BCUT2D eigenvalue weighted by molar-refractivity contribution is 0.187. The quantitative estimate of drug-likeness (QED) is 0.836. The van der Waals surface area contributed by atoms with Gasteiger partial charge < -0.3 is 10.1 Å². The van der Waals surface area contributed by atoms with E-state index >= 15 is 0 Å². The fourth-order valence-electron chi connectivity index (χ4n) is 3.11. The third kappa shape index (κ3) is 2.85. The summed E-state index contributed by atoms with van der Waals surface area (Å²) in [6.45, 7) is 5.16. The number of aliphatic imine (C=N–C) groups is 1. The van der Waals surface area contributed by atoms with Crippen LogP contribution in [0.15, 0.2) is 4.99 Å². The Hall–Kier alpha value is -0.220. The second-order valence-electron chi connectivity index (χ2n) is 6.25. The molecular formula is C14H24N2OS. The molecule has 18 heavy (non-hydrogen) atoms. The Kier molecular flexibility index (Phi) is 3.85. The monoisotopic (exact) mass is 268 g/mol. The molecule has 1 saturated carbocycles. The van der Waals surface area contributed by atoms with Crippen LogP contribution in [0.4, 0.5) is 0 Å². The molecule has 1 unspecified atom stereocenters. The molecular weight excluding hydrogens is 244 g/mol. The van der Waals surface area contributed by atoms with E-state index in [0.29, 0.717) is 11.5 Å². The van der Waals surface area contributed by atoms with E-state index in [1.807, 2.05) is 11.8 Å². The molecule has 0 amide bonds. The molecule has 3 aliphatic rings. The van der Waals surface area contributed by atoms with Crippen LogP contribution >= 0.6 is 11.8 Å². The lowest BCUT2D eigenvalue weighted by Crippen LogP contribution is -2.46. The third-order valence-corrected chi connectivity index (χ3v) is 5.81. The summed E-state index contributed by atoms with van der Waals surface area (Å²) < 4.78 is 5.40. The topological polar surface area (TPSA) is 33.6 Å². The second-order valence-corrected chi connectivity index (χ2v) is 7.22. The summed E-state index contributed by atoms with van der Waals surface area (Å²) in [4.78, 5) is 4.76. The van der Waals surface area contributed by atoms with Gasteiger partial charge in [-0.3, -0.25) is 4.99 Å². The van der Waals surface area contributed by atoms with Crippen molar-refractivity contribution in [3.63, 3.8) is 0 Å². The van der Waals surface area contributed by atoms with Gasteiger partial charge in [0.1, 0.15) is 0 Å². The van der Waals surface area contributed by atoms with Crippen molar-refractivity contribution in [2.45, 2.75) is 44.6 Å². The van der Waals surface area contributed by atoms with Crippen LogP contribution < -0.4 is 5.32 Å². The Bertz CT molecular complexity index is 318. The van der Waals surface area contributed by atoms with Crippen molar-refractivity contribution in [1.82, 2.24) is 5.32 Å². The van der Waals surface area contributed by atoms with Crippen LogP contribution in [0.25, 0.3) is 0 Å². The minimum Gasteiger partial charge on any atom is -0.381 e. The minimum absolute atomic E-state index is 0.377. The van der Waals surface area contributed by atoms with Crippen molar-refractivity contribution in [3.05, 3.63) is 0 Å². The first kappa shape index (κ1) is 12.8. The second kappa shape index (κ2) is 5.41. The fraction of sp³-hybridized carbons (Fsp3) is 0.929. The maximum Gasteiger partial charge on any atom is 0.157 e. The first-order chi connectivity index (χ1) is 8.76. The van der Waals surface area contributed by atoms with E-state index < -0.39 is 0 Å². The molecule has 0 aromatic heterocycles. The molecule has 2 aliphatic heterocycles. The smallest absolute Gasteiger partial charge is 0.157 e. The van der Waals surface area contributed by atoms with E-state index in [0.717, 1.165) is 25.7 Å². The maximum absolute atomic E-state index is 5.40. The number of hydrogen-bond acceptors (Lipinski definition) is 3. The Balaban J connectivity index is 1.52. The van der Waals surface area contributed by atoms with E-state index in [9.17, 15) is 0 Å². The highest BCUT2D eigenvalue weighted by Gasteiger charge is 2.39. The number of hydrogen-bond donors (Lipinski definition) is 1. The van der Waals surface area contributed by atoms with Crippen LogP contribution in [-0.4, -0.2) is 36.2 Å². The van der Waals surface area contributed by atoms with Gasteiger partial charge in [0.15, 0.2) is 5.17 Å². The number of nitrogens with one attached hydrogen (secondary N) is 1. The molecule has 3 rings (SSSR count). The SMILES string of the molecule is CC1CCC2(CC1)CSC(=NCC1CCOC1)N2. The molecule has 102 valence electrons. The van der Waals surface area contributed by atoms with Crippen LogP contribution in [0, 0.1) is 11.8 Å². The third-order valence-electron chi connectivity index (χ3n) is 4.61. The molecule has 1 aliphatic carbocycles. The molecule has 1 atom stereocenters. The molecule has 2 saturated heterocycles. The molecule has 4 heteroatoms. The standard InChI is InChI=1S/C14H24N2OS/c1-11-2-5-14(6-3-11)10-18-13(16-14)15-8-12-4-7-17-9-12/h11-12H,2-10H2,1H3,(H,15,16).